The molecule has 0 atom stereocenters. The van der Waals surface area contributed by atoms with E-state index in [2.05, 4.69) is 19.2 Å². The zero-order valence-electron chi connectivity index (χ0n) is 14.1. The van der Waals surface area contributed by atoms with Crippen LogP contribution in [0.25, 0.3) is 0 Å². The van der Waals surface area contributed by atoms with E-state index in [0.29, 0.717) is 12.6 Å². The second kappa shape index (κ2) is 6.07. The van der Waals surface area contributed by atoms with Crippen molar-refractivity contribution in [2.75, 3.05) is 26.2 Å². The first kappa shape index (κ1) is 16.5. The molecule has 0 spiro atoms. The van der Waals surface area contributed by atoms with Crippen molar-refractivity contribution < 1.29 is 14.1 Å². The number of hydrogen-bond donors (Lipinski definition) is 1. The zero-order valence-corrected chi connectivity index (χ0v) is 14.1. The summed E-state index contributed by atoms with van der Waals surface area (Å²) in [5, 5.41) is 2.94. The molecule has 2 aliphatic rings. The smallest absolute Gasteiger partial charge is 0.287 e. The van der Waals surface area contributed by atoms with Crippen molar-refractivity contribution in [3.63, 3.8) is 0 Å². The Morgan fingerprint density at radius 1 is 1.10 bits per heavy atom. The number of amides is 1. The van der Waals surface area contributed by atoms with E-state index < -0.39 is 5.91 Å². The first-order valence-corrected chi connectivity index (χ1v) is 8.48. The van der Waals surface area contributed by atoms with Gasteiger partial charge in [0.25, 0.3) is 5.91 Å². The number of carbonyl (C=O) groups excluding carboxylic acids is 2. The maximum Gasteiger partial charge on any atom is 0.287 e. The molecule has 2 fully saturated rings. The predicted octanol–water partition coefficient (Wildman–Crippen LogP) is 2.13. The average Bonchev–Trinajstić information content (AvgIpc) is 2.44. The maximum atomic E-state index is 11.9. The highest BCUT2D eigenvalue weighted by Crippen LogP contribution is 2.43. The summed E-state index contributed by atoms with van der Waals surface area (Å²) in [6.45, 7) is 12.6. The number of piperidine rings is 2. The molecule has 0 aromatic rings. The van der Waals surface area contributed by atoms with E-state index >= 15 is 0 Å². The quantitative estimate of drug-likeness (QED) is 0.624. The zero-order chi connectivity index (χ0) is 15.7. The molecule has 4 nitrogen and oxygen atoms in total. The molecule has 4 heteroatoms. The van der Waals surface area contributed by atoms with Gasteiger partial charge >= 0.3 is 0 Å². The molecule has 2 rings (SSSR count). The van der Waals surface area contributed by atoms with E-state index in [9.17, 15) is 9.59 Å². The van der Waals surface area contributed by atoms with Gasteiger partial charge in [0, 0.05) is 17.9 Å². The molecule has 21 heavy (non-hydrogen) atoms. The van der Waals surface area contributed by atoms with Gasteiger partial charge in [-0.25, -0.2) is 0 Å². The lowest BCUT2D eigenvalue weighted by atomic mass is 9.71. The van der Waals surface area contributed by atoms with Gasteiger partial charge in [0.15, 0.2) is 0 Å². The second-order valence-electron chi connectivity index (χ2n) is 7.83. The first-order valence-electron chi connectivity index (χ1n) is 8.48. The van der Waals surface area contributed by atoms with Crippen molar-refractivity contribution in [2.45, 2.75) is 59.4 Å². The molecule has 120 valence electrons. The largest absolute Gasteiger partial charge is 0.349 e. The summed E-state index contributed by atoms with van der Waals surface area (Å²) in [6.07, 6.45) is 4.87. The molecule has 2 heterocycles. The Labute approximate surface area is 128 Å². The van der Waals surface area contributed by atoms with Gasteiger partial charge in [0.1, 0.15) is 0 Å². The van der Waals surface area contributed by atoms with Crippen LogP contribution in [0.3, 0.4) is 0 Å². The van der Waals surface area contributed by atoms with Crippen molar-refractivity contribution in [2.24, 2.45) is 11.3 Å². The Morgan fingerprint density at radius 2 is 1.67 bits per heavy atom. The van der Waals surface area contributed by atoms with Crippen molar-refractivity contribution in [3.8, 4) is 0 Å². The monoisotopic (exact) mass is 295 g/mol. The second-order valence-corrected chi connectivity index (χ2v) is 7.83. The lowest BCUT2D eigenvalue weighted by molar-refractivity contribution is -0.963. The van der Waals surface area contributed by atoms with Gasteiger partial charge < -0.3 is 9.80 Å². The molecule has 2 bridgehead atoms. The number of Topliss-reactive ketones (excluding diaryl/α,β-unsaturated/α-hetero) is 1. The van der Waals surface area contributed by atoms with Gasteiger partial charge in [0.05, 0.1) is 25.7 Å². The van der Waals surface area contributed by atoms with Crippen molar-refractivity contribution in [1.29, 1.82) is 0 Å². The number of carbonyl (C=O) groups is 2. The highest BCUT2D eigenvalue weighted by atomic mass is 16.2. The van der Waals surface area contributed by atoms with Crippen LogP contribution in [0.2, 0.25) is 0 Å². The average molecular weight is 295 g/mol. The fourth-order valence-electron chi connectivity index (χ4n) is 4.31. The summed E-state index contributed by atoms with van der Waals surface area (Å²) in [4.78, 5) is 23.7. The van der Waals surface area contributed by atoms with Gasteiger partial charge in [0.2, 0.25) is 5.78 Å². The number of nitrogens with zero attached hydrogens (tertiary/aromatic N) is 1. The molecule has 0 saturated carbocycles. The normalized spacial score (nSPS) is 32.3. The Kier molecular flexibility index (Phi) is 4.76. The molecule has 1 amide bonds. The topological polar surface area (TPSA) is 46.2 Å². The highest BCUT2D eigenvalue weighted by molar-refractivity contribution is 6.36. The minimum atomic E-state index is -0.391. The summed E-state index contributed by atoms with van der Waals surface area (Å²) < 4.78 is 1.20. The van der Waals surface area contributed by atoms with Crippen LogP contribution in [-0.4, -0.2) is 48.4 Å². The van der Waals surface area contributed by atoms with Crippen LogP contribution < -0.4 is 5.32 Å². The summed E-state index contributed by atoms with van der Waals surface area (Å²) >= 11 is 0. The Hall–Kier alpha value is -0.900. The Morgan fingerprint density at radius 3 is 2.14 bits per heavy atom. The van der Waals surface area contributed by atoms with Gasteiger partial charge in [-0.1, -0.05) is 13.8 Å². The SMILES string of the molecule is CC(C)C(=O)C(=O)NCC12CCC[N+](C(C)C)(CCC1)C2. The molecular formula is C17H31N2O2+. The van der Waals surface area contributed by atoms with Gasteiger partial charge in [-0.3, -0.25) is 9.59 Å². The lowest BCUT2D eigenvalue weighted by Crippen LogP contribution is -2.66. The molecular weight excluding hydrogens is 264 g/mol. The number of fused-ring (bicyclic) bond motifs is 2. The maximum absolute atomic E-state index is 11.9. The van der Waals surface area contributed by atoms with E-state index in [-0.39, 0.29) is 17.1 Å². The Bertz CT molecular complexity index is 405. The van der Waals surface area contributed by atoms with E-state index in [1.807, 2.05) is 0 Å². The Balaban J connectivity index is 2.02. The van der Waals surface area contributed by atoms with Crippen LogP contribution in [0, 0.1) is 11.3 Å². The van der Waals surface area contributed by atoms with Gasteiger partial charge in [-0.15, -0.1) is 0 Å². The molecule has 0 aromatic carbocycles. The van der Waals surface area contributed by atoms with E-state index in [1.54, 1.807) is 13.8 Å². The summed E-state index contributed by atoms with van der Waals surface area (Å²) in [5.41, 5.74) is 0.216. The van der Waals surface area contributed by atoms with Crippen LogP contribution in [0.15, 0.2) is 0 Å². The standard InChI is InChI=1S/C17H30N2O2/c1-13(2)15(20)16(21)18-11-17-7-5-9-19(12-17,14(3)4)10-6-8-17/h13-14H,5-12H2,1-4H3/p+1. The molecule has 0 radical (unpaired) electrons. The van der Waals surface area contributed by atoms with Crippen LogP contribution >= 0.6 is 0 Å². The molecule has 2 aliphatic heterocycles. The van der Waals surface area contributed by atoms with Gasteiger partial charge in [-0.2, -0.15) is 0 Å². The number of hydrogen-bond acceptors (Lipinski definition) is 2. The number of rotatable bonds is 5. The van der Waals surface area contributed by atoms with Crippen LogP contribution in [0.1, 0.15) is 53.4 Å². The van der Waals surface area contributed by atoms with Crippen LogP contribution in [0.5, 0.6) is 0 Å². The van der Waals surface area contributed by atoms with Crippen LogP contribution in [-0.2, 0) is 9.59 Å². The summed E-state index contributed by atoms with van der Waals surface area (Å²) in [7, 11) is 0. The van der Waals surface area contributed by atoms with Gasteiger partial charge in [-0.05, 0) is 39.5 Å². The highest BCUT2D eigenvalue weighted by Gasteiger charge is 2.49. The minimum Gasteiger partial charge on any atom is -0.349 e. The fourth-order valence-corrected chi connectivity index (χ4v) is 4.31. The first-order chi connectivity index (χ1) is 9.80. The fraction of sp³-hybridized carbons (Fsp3) is 0.882. The molecule has 1 N–H and O–H groups in total. The van der Waals surface area contributed by atoms with E-state index in [1.165, 1.54) is 49.8 Å². The van der Waals surface area contributed by atoms with Crippen molar-refractivity contribution in [3.05, 3.63) is 0 Å². The number of nitrogens with one attached hydrogen (secondary N) is 1. The van der Waals surface area contributed by atoms with E-state index in [0.717, 1.165) is 0 Å². The molecule has 0 aromatic heterocycles. The number of ketones is 1. The third kappa shape index (κ3) is 3.31. The van der Waals surface area contributed by atoms with Crippen molar-refractivity contribution in [1.82, 2.24) is 5.32 Å². The van der Waals surface area contributed by atoms with Crippen LogP contribution in [0.4, 0.5) is 0 Å². The number of quaternary nitrogens is 1. The van der Waals surface area contributed by atoms with E-state index in [4.69, 9.17) is 0 Å². The van der Waals surface area contributed by atoms with Crippen molar-refractivity contribution >= 4 is 11.7 Å². The molecule has 0 unspecified atom stereocenters. The predicted molar refractivity (Wildman–Crippen MR) is 83.8 cm³/mol. The molecule has 2 saturated heterocycles. The third-order valence-electron chi connectivity index (χ3n) is 5.74. The minimum absolute atomic E-state index is 0.216. The summed E-state index contributed by atoms with van der Waals surface area (Å²) in [6, 6.07) is 0.651. The third-order valence-corrected chi connectivity index (χ3v) is 5.74. The summed E-state index contributed by atoms with van der Waals surface area (Å²) in [5.74, 6) is -0.897. The molecule has 0 aliphatic carbocycles. The lowest BCUT2D eigenvalue weighted by Gasteiger charge is -2.56.